The first kappa shape index (κ1) is 11.2. The number of benzene rings is 1. The molecule has 3 rings (SSSR count). The average Bonchev–Trinajstić information content (AvgIpc) is 2.93. The molecule has 0 saturated carbocycles. The molecule has 2 N–H and O–H groups in total. The molecule has 0 unspecified atom stereocenters. The number of ether oxygens (including phenoxy) is 2. The number of pyridine rings is 1. The average molecular weight is 242 g/mol. The van der Waals surface area contributed by atoms with E-state index in [-0.39, 0.29) is 6.29 Å². The zero-order chi connectivity index (χ0) is 12.4. The Labute approximate surface area is 105 Å². The van der Waals surface area contributed by atoms with Gasteiger partial charge in [-0.3, -0.25) is 4.98 Å². The number of anilines is 1. The van der Waals surface area contributed by atoms with Crippen molar-refractivity contribution in [1.29, 1.82) is 0 Å². The van der Waals surface area contributed by atoms with Crippen LogP contribution in [0.25, 0.3) is 11.3 Å². The fourth-order valence-corrected chi connectivity index (χ4v) is 1.96. The standard InChI is InChI=1S/C14H14N2O2/c15-12-3-1-2-10(8-12)13-5-4-11(9-16-13)14-17-6-7-18-14/h1-5,8-9,14H,6-7,15H2. The Hall–Kier alpha value is -1.91. The van der Waals surface area contributed by atoms with Crippen LogP contribution in [-0.4, -0.2) is 18.2 Å². The quantitative estimate of drug-likeness (QED) is 0.821. The highest BCUT2D eigenvalue weighted by molar-refractivity contribution is 5.63. The van der Waals surface area contributed by atoms with Crippen LogP contribution in [0.1, 0.15) is 11.9 Å². The van der Waals surface area contributed by atoms with Crippen molar-refractivity contribution in [2.45, 2.75) is 6.29 Å². The molecule has 0 amide bonds. The predicted octanol–water partition coefficient (Wildman–Crippen LogP) is 2.38. The summed E-state index contributed by atoms with van der Waals surface area (Å²) in [7, 11) is 0. The van der Waals surface area contributed by atoms with Crippen molar-refractivity contribution >= 4 is 5.69 Å². The van der Waals surface area contributed by atoms with Gasteiger partial charge in [-0.05, 0) is 18.2 Å². The van der Waals surface area contributed by atoms with E-state index in [1.54, 1.807) is 6.20 Å². The van der Waals surface area contributed by atoms with Gasteiger partial charge in [0, 0.05) is 23.0 Å². The molecule has 2 heterocycles. The number of rotatable bonds is 2. The third-order valence-corrected chi connectivity index (χ3v) is 2.86. The molecule has 1 aliphatic heterocycles. The van der Waals surface area contributed by atoms with Gasteiger partial charge >= 0.3 is 0 Å². The van der Waals surface area contributed by atoms with E-state index >= 15 is 0 Å². The van der Waals surface area contributed by atoms with Gasteiger partial charge in [0.05, 0.1) is 18.9 Å². The molecule has 1 aliphatic rings. The maximum Gasteiger partial charge on any atom is 0.185 e. The van der Waals surface area contributed by atoms with E-state index in [4.69, 9.17) is 15.2 Å². The predicted molar refractivity (Wildman–Crippen MR) is 68.7 cm³/mol. The van der Waals surface area contributed by atoms with E-state index in [0.29, 0.717) is 13.2 Å². The van der Waals surface area contributed by atoms with E-state index in [2.05, 4.69) is 4.98 Å². The van der Waals surface area contributed by atoms with Crippen molar-refractivity contribution in [3.63, 3.8) is 0 Å². The fourth-order valence-electron chi connectivity index (χ4n) is 1.96. The summed E-state index contributed by atoms with van der Waals surface area (Å²) >= 11 is 0. The molecule has 1 aromatic carbocycles. The van der Waals surface area contributed by atoms with Gasteiger partial charge in [-0.25, -0.2) is 0 Å². The SMILES string of the molecule is Nc1cccc(-c2ccc(C3OCCO3)cn2)c1. The van der Waals surface area contributed by atoms with Crippen molar-refractivity contribution < 1.29 is 9.47 Å². The van der Waals surface area contributed by atoms with Gasteiger partial charge in [0.1, 0.15) is 0 Å². The summed E-state index contributed by atoms with van der Waals surface area (Å²) in [4.78, 5) is 4.42. The van der Waals surface area contributed by atoms with Gasteiger partial charge in [0.2, 0.25) is 0 Å². The largest absolute Gasteiger partial charge is 0.399 e. The number of hydrogen-bond acceptors (Lipinski definition) is 4. The number of nitrogens with two attached hydrogens (primary N) is 1. The van der Waals surface area contributed by atoms with Crippen LogP contribution < -0.4 is 5.73 Å². The summed E-state index contributed by atoms with van der Waals surface area (Å²) in [5.41, 5.74) is 9.34. The first-order valence-corrected chi connectivity index (χ1v) is 5.88. The molecule has 0 radical (unpaired) electrons. The highest BCUT2D eigenvalue weighted by Crippen LogP contribution is 2.25. The smallest absolute Gasteiger partial charge is 0.185 e. The van der Waals surface area contributed by atoms with Crippen molar-refractivity contribution in [2.24, 2.45) is 0 Å². The van der Waals surface area contributed by atoms with Gasteiger partial charge in [-0.1, -0.05) is 18.2 Å². The Bertz CT molecular complexity index is 534. The molecule has 1 aromatic heterocycles. The Morgan fingerprint density at radius 3 is 2.61 bits per heavy atom. The highest BCUT2D eigenvalue weighted by Gasteiger charge is 2.18. The van der Waals surface area contributed by atoms with Gasteiger partial charge < -0.3 is 15.2 Å². The Balaban J connectivity index is 1.86. The van der Waals surface area contributed by atoms with E-state index < -0.39 is 0 Å². The minimum atomic E-state index is -0.271. The van der Waals surface area contributed by atoms with Crippen LogP contribution in [0.4, 0.5) is 5.69 Å². The minimum Gasteiger partial charge on any atom is -0.399 e. The maximum absolute atomic E-state index is 5.76. The normalized spacial score (nSPS) is 16.0. The second kappa shape index (κ2) is 4.76. The molecule has 18 heavy (non-hydrogen) atoms. The molecule has 0 spiro atoms. The van der Waals surface area contributed by atoms with Gasteiger partial charge in [-0.15, -0.1) is 0 Å². The second-order valence-corrected chi connectivity index (χ2v) is 4.18. The molecular weight excluding hydrogens is 228 g/mol. The molecule has 0 aliphatic carbocycles. The molecular formula is C14H14N2O2. The summed E-state index contributed by atoms with van der Waals surface area (Å²) in [6, 6.07) is 11.6. The molecule has 2 aromatic rings. The Kier molecular flexibility index (Phi) is 2.96. The molecule has 0 bridgehead atoms. The lowest BCUT2D eigenvalue weighted by atomic mass is 10.1. The third-order valence-electron chi connectivity index (χ3n) is 2.86. The summed E-state index contributed by atoms with van der Waals surface area (Å²) in [6.07, 6.45) is 1.52. The van der Waals surface area contributed by atoms with Crippen molar-refractivity contribution in [1.82, 2.24) is 4.98 Å². The fraction of sp³-hybridized carbons (Fsp3) is 0.214. The highest BCUT2D eigenvalue weighted by atomic mass is 16.7. The molecule has 1 fully saturated rings. The molecule has 1 saturated heterocycles. The van der Waals surface area contributed by atoms with Crippen molar-refractivity contribution in [3.8, 4) is 11.3 Å². The van der Waals surface area contributed by atoms with Crippen molar-refractivity contribution in [3.05, 3.63) is 48.2 Å². The van der Waals surface area contributed by atoms with E-state index in [9.17, 15) is 0 Å². The maximum atomic E-state index is 5.76. The van der Waals surface area contributed by atoms with Gasteiger partial charge in [0.25, 0.3) is 0 Å². The summed E-state index contributed by atoms with van der Waals surface area (Å²) in [6.45, 7) is 1.28. The second-order valence-electron chi connectivity index (χ2n) is 4.18. The lowest BCUT2D eigenvalue weighted by Crippen LogP contribution is -1.98. The zero-order valence-corrected chi connectivity index (χ0v) is 9.87. The number of hydrogen-bond donors (Lipinski definition) is 1. The lowest BCUT2D eigenvalue weighted by molar-refractivity contribution is -0.0443. The van der Waals surface area contributed by atoms with Crippen molar-refractivity contribution in [2.75, 3.05) is 18.9 Å². The van der Waals surface area contributed by atoms with Gasteiger partial charge in [-0.2, -0.15) is 0 Å². The molecule has 92 valence electrons. The topological polar surface area (TPSA) is 57.4 Å². The Morgan fingerprint density at radius 2 is 1.94 bits per heavy atom. The van der Waals surface area contributed by atoms with Crippen LogP contribution >= 0.6 is 0 Å². The molecule has 4 heteroatoms. The van der Waals surface area contributed by atoms with E-state index in [0.717, 1.165) is 22.5 Å². The van der Waals surface area contributed by atoms with E-state index in [1.807, 2.05) is 36.4 Å². The van der Waals surface area contributed by atoms with Crippen LogP contribution in [0, 0.1) is 0 Å². The monoisotopic (exact) mass is 242 g/mol. The third kappa shape index (κ3) is 2.20. The number of nitrogen functional groups attached to an aromatic ring is 1. The first-order valence-electron chi connectivity index (χ1n) is 5.88. The van der Waals surface area contributed by atoms with Crippen LogP contribution in [0.3, 0.4) is 0 Å². The zero-order valence-electron chi connectivity index (χ0n) is 9.87. The van der Waals surface area contributed by atoms with Crippen LogP contribution in [-0.2, 0) is 9.47 Å². The van der Waals surface area contributed by atoms with E-state index in [1.165, 1.54) is 0 Å². The van der Waals surface area contributed by atoms with Crippen LogP contribution in [0.15, 0.2) is 42.6 Å². The summed E-state index contributed by atoms with van der Waals surface area (Å²) < 4.78 is 10.8. The number of nitrogens with zero attached hydrogens (tertiary/aromatic N) is 1. The van der Waals surface area contributed by atoms with Crippen LogP contribution in [0.5, 0.6) is 0 Å². The molecule has 4 nitrogen and oxygen atoms in total. The summed E-state index contributed by atoms with van der Waals surface area (Å²) in [5, 5.41) is 0. The molecule has 0 atom stereocenters. The first-order chi connectivity index (χ1) is 8.83. The van der Waals surface area contributed by atoms with Gasteiger partial charge in [0.15, 0.2) is 6.29 Å². The van der Waals surface area contributed by atoms with Crippen LogP contribution in [0.2, 0.25) is 0 Å². The lowest BCUT2D eigenvalue weighted by Gasteiger charge is -2.09. The Morgan fingerprint density at radius 1 is 1.11 bits per heavy atom. The minimum absolute atomic E-state index is 0.271. The summed E-state index contributed by atoms with van der Waals surface area (Å²) in [5.74, 6) is 0. The number of aromatic nitrogens is 1.